The fourth-order valence-corrected chi connectivity index (χ4v) is 2.52. The van der Waals surface area contributed by atoms with E-state index in [-0.39, 0.29) is 12.1 Å². The molecule has 2 aromatic carbocycles. The summed E-state index contributed by atoms with van der Waals surface area (Å²) in [5.41, 5.74) is -1.89. The largest absolute Gasteiger partial charge is 0.493 e. The summed E-state index contributed by atoms with van der Waals surface area (Å²) in [4.78, 5) is 21.7. The number of amides is 1. The Bertz CT molecular complexity index is 884. The molecule has 2 aromatic rings. The molecule has 28 heavy (non-hydrogen) atoms. The number of halogens is 3. The number of rotatable bonds is 7. The molecular weight excluding hydrogens is 381 g/mol. The summed E-state index contributed by atoms with van der Waals surface area (Å²) in [6, 6.07) is 7.43. The van der Waals surface area contributed by atoms with Crippen LogP contribution in [0, 0.1) is 10.1 Å². The van der Waals surface area contributed by atoms with Crippen molar-refractivity contribution in [1.29, 1.82) is 0 Å². The van der Waals surface area contributed by atoms with Crippen molar-refractivity contribution < 1.29 is 32.4 Å². The monoisotopic (exact) mass is 398 g/mol. The molecule has 0 atom stereocenters. The van der Waals surface area contributed by atoms with Gasteiger partial charge in [-0.3, -0.25) is 14.9 Å². The number of carbonyl (C=O) groups excluding carboxylic acids is 1. The molecule has 0 radical (unpaired) electrons. The molecule has 7 nitrogen and oxygen atoms in total. The van der Waals surface area contributed by atoms with Gasteiger partial charge in [0.15, 0.2) is 11.5 Å². The van der Waals surface area contributed by atoms with E-state index in [0.717, 1.165) is 11.6 Å². The van der Waals surface area contributed by atoms with Gasteiger partial charge in [0, 0.05) is 18.2 Å². The summed E-state index contributed by atoms with van der Waals surface area (Å²) in [6.07, 6.45) is -4.61. The van der Waals surface area contributed by atoms with Crippen molar-refractivity contribution in [1.82, 2.24) is 0 Å². The third kappa shape index (κ3) is 5.12. The summed E-state index contributed by atoms with van der Waals surface area (Å²) >= 11 is 0. The first-order valence-electron chi connectivity index (χ1n) is 8.02. The maximum Gasteiger partial charge on any atom is 0.423 e. The zero-order valence-electron chi connectivity index (χ0n) is 15.0. The summed E-state index contributed by atoms with van der Waals surface area (Å²) in [7, 11) is 2.96. The number of anilines is 1. The molecule has 0 bridgehead atoms. The Balaban J connectivity index is 2.08. The molecule has 10 heteroatoms. The Kier molecular flexibility index (Phi) is 6.45. The van der Waals surface area contributed by atoms with Crippen LogP contribution < -0.4 is 14.8 Å². The smallest absolute Gasteiger partial charge is 0.423 e. The number of alkyl halides is 3. The Labute approximate surface area is 158 Å². The first-order valence-corrected chi connectivity index (χ1v) is 8.02. The zero-order chi connectivity index (χ0) is 20.9. The highest BCUT2D eigenvalue weighted by molar-refractivity contribution is 5.91. The van der Waals surface area contributed by atoms with Gasteiger partial charge in [0.25, 0.3) is 5.69 Å². The molecule has 0 aromatic heterocycles. The number of nitro groups is 1. The number of benzene rings is 2. The van der Waals surface area contributed by atoms with Gasteiger partial charge in [-0.05, 0) is 36.2 Å². The Morgan fingerprint density at radius 2 is 1.79 bits per heavy atom. The summed E-state index contributed by atoms with van der Waals surface area (Å²) in [5, 5.41) is 13.1. The molecule has 1 N–H and O–H groups in total. The second kappa shape index (κ2) is 8.59. The van der Waals surface area contributed by atoms with Crippen molar-refractivity contribution >= 4 is 17.3 Å². The normalized spacial score (nSPS) is 11.0. The van der Waals surface area contributed by atoms with E-state index in [2.05, 4.69) is 5.32 Å². The molecule has 2 rings (SSSR count). The predicted octanol–water partition coefficient (Wildman–Crippen LogP) is 4.20. The highest BCUT2D eigenvalue weighted by atomic mass is 19.4. The van der Waals surface area contributed by atoms with Crippen LogP contribution in [0.1, 0.15) is 17.5 Å². The van der Waals surface area contributed by atoms with Gasteiger partial charge in [0.05, 0.1) is 19.1 Å². The number of nitrogens with zero attached hydrogens (tertiary/aromatic N) is 1. The lowest BCUT2D eigenvalue weighted by molar-refractivity contribution is -0.388. The van der Waals surface area contributed by atoms with Gasteiger partial charge in [0.2, 0.25) is 5.91 Å². The molecule has 0 fully saturated rings. The van der Waals surface area contributed by atoms with Gasteiger partial charge in [0.1, 0.15) is 5.56 Å². The van der Waals surface area contributed by atoms with Crippen molar-refractivity contribution in [3.8, 4) is 11.5 Å². The summed E-state index contributed by atoms with van der Waals surface area (Å²) in [6.45, 7) is 0. The molecule has 0 aliphatic heterocycles. The third-order valence-corrected chi connectivity index (χ3v) is 3.87. The summed E-state index contributed by atoms with van der Waals surface area (Å²) < 4.78 is 49.3. The number of ether oxygens (including phenoxy) is 2. The highest BCUT2D eigenvalue weighted by Crippen LogP contribution is 2.37. The van der Waals surface area contributed by atoms with Crippen molar-refractivity contribution in [3.05, 3.63) is 57.6 Å². The molecule has 0 spiro atoms. The quantitative estimate of drug-likeness (QED) is 0.558. The van der Waals surface area contributed by atoms with E-state index in [0.29, 0.717) is 30.1 Å². The number of nitro benzene ring substituents is 1. The molecule has 0 aliphatic carbocycles. The van der Waals surface area contributed by atoms with Gasteiger partial charge in [-0.25, -0.2) is 0 Å². The van der Waals surface area contributed by atoms with E-state index >= 15 is 0 Å². The van der Waals surface area contributed by atoms with Crippen LogP contribution in [0.5, 0.6) is 11.5 Å². The van der Waals surface area contributed by atoms with E-state index in [1.54, 1.807) is 18.2 Å². The van der Waals surface area contributed by atoms with E-state index in [4.69, 9.17) is 9.47 Å². The fraction of sp³-hybridized carbons (Fsp3) is 0.278. The number of methoxy groups -OCH3 is 2. The van der Waals surface area contributed by atoms with Crippen LogP contribution in [0.4, 0.5) is 24.5 Å². The van der Waals surface area contributed by atoms with Crippen LogP contribution in [-0.4, -0.2) is 25.1 Å². The topological polar surface area (TPSA) is 90.7 Å². The highest BCUT2D eigenvalue weighted by Gasteiger charge is 2.38. The van der Waals surface area contributed by atoms with Crippen LogP contribution in [0.15, 0.2) is 36.4 Å². The van der Waals surface area contributed by atoms with Crippen molar-refractivity contribution in [2.75, 3.05) is 19.5 Å². The minimum absolute atomic E-state index is 0.00613. The van der Waals surface area contributed by atoms with Crippen LogP contribution in [0.3, 0.4) is 0 Å². The molecule has 1 amide bonds. The average Bonchev–Trinajstić information content (AvgIpc) is 2.65. The van der Waals surface area contributed by atoms with Gasteiger partial charge < -0.3 is 14.8 Å². The summed E-state index contributed by atoms with van der Waals surface area (Å²) in [5.74, 6) is 0.489. The second-order valence-electron chi connectivity index (χ2n) is 5.72. The van der Waals surface area contributed by atoms with Gasteiger partial charge >= 0.3 is 6.18 Å². The predicted molar refractivity (Wildman–Crippen MR) is 94.6 cm³/mol. The van der Waals surface area contributed by atoms with Crippen LogP contribution in [0.2, 0.25) is 0 Å². The maximum atomic E-state index is 13.0. The fourth-order valence-electron chi connectivity index (χ4n) is 2.52. The number of nitrogens with one attached hydrogen (secondary N) is 1. The maximum absolute atomic E-state index is 13.0. The van der Waals surface area contributed by atoms with E-state index in [9.17, 15) is 28.1 Å². The van der Waals surface area contributed by atoms with Gasteiger partial charge in [-0.15, -0.1) is 0 Å². The SMILES string of the molecule is COc1ccc(CCC(=O)Nc2ccc([N+](=O)[O-])c(C(F)(F)F)c2)cc1OC. The van der Waals surface area contributed by atoms with Crippen molar-refractivity contribution in [2.24, 2.45) is 0 Å². The van der Waals surface area contributed by atoms with Crippen molar-refractivity contribution in [2.45, 2.75) is 19.0 Å². The van der Waals surface area contributed by atoms with Crippen LogP contribution >= 0.6 is 0 Å². The van der Waals surface area contributed by atoms with Crippen LogP contribution in [0.25, 0.3) is 0 Å². The number of aryl methyl sites for hydroxylation is 1. The third-order valence-electron chi connectivity index (χ3n) is 3.87. The number of hydrogen-bond donors (Lipinski definition) is 1. The lowest BCUT2D eigenvalue weighted by Crippen LogP contribution is -2.14. The standard InChI is InChI=1S/C18H17F3N2O5/c1-27-15-7-3-11(9-16(15)28-2)4-8-17(24)22-12-5-6-14(23(25)26)13(10-12)18(19,20)21/h3,5-7,9-10H,4,8H2,1-2H3,(H,22,24). The average molecular weight is 398 g/mol. The molecule has 0 saturated heterocycles. The van der Waals surface area contributed by atoms with Gasteiger partial charge in [-0.1, -0.05) is 6.07 Å². The van der Waals surface area contributed by atoms with E-state index in [1.807, 2.05) is 0 Å². The lowest BCUT2D eigenvalue weighted by atomic mass is 10.1. The molecular formula is C18H17F3N2O5. The minimum Gasteiger partial charge on any atom is -0.493 e. The molecule has 0 unspecified atom stereocenters. The lowest BCUT2D eigenvalue weighted by Gasteiger charge is -2.11. The molecule has 0 aliphatic rings. The van der Waals surface area contributed by atoms with Crippen LogP contribution in [-0.2, 0) is 17.4 Å². The van der Waals surface area contributed by atoms with E-state index in [1.165, 1.54) is 14.2 Å². The second-order valence-corrected chi connectivity index (χ2v) is 5.72. The Hall–Kier alpha value is -3.30. The first-order chi connectivity index (χ1) is 13.2. The zero-order valence-corrected chi connectivity index (χ0v) is 15.0. The van der Waals surface area contributed by atoms with Crippen molar-refractivity contribution in [3.63, 3.8) is 0 Å². The number of hydrogen-bond acceptors (Lipinski definition) is 5. The Morgan fingerprint density at radius 1 is 1.11 bits per heavy atom. The first kappa shape index (κ1) is 21.0. The van der Waals surface area contributed by atoms with E-state index < -0.39 is 28.3 Å². The molecule has 150 valence electrons. The van der Waals surface area contributed by atoms with Gasteiger partial charge in [-0.2, -0.15) is 13.2 Å². The minimum atomic E-state index is -4.91. The molecule has 0 heterocycles. The molecule has 0 saturated carbocycles. The number of carbonyl (C=O) groups is 1. The Morgan fingerprint density at radius 3 is 2.36 bits per heavy atom.